The van der Waals surface area contributed by atoms with Crippen molar-refractivity contribution < 1.29 is 31.1 Å². The van der Waals surface area contributed by atoms with Crippen LogP contribution in [0.2, 0.25) is 15.1 Å². The van der Waals surface area contributed by atoms with E-state index in [0.717, 1.165) is 118 Å². The van der Waals surface area contributed by atoms with E-state index >= 15 is 0 Å². The maximum Gasteiger partial charge on any atom is 0.416 e. The van der Waals surface area contributed by atoms with Gasteiger partial charge in [0.15, 0.2) is 0 Å². The summed E-state index contributed by atoms with van der Waals surface area (Å²) in [4.78, 5) is 39.8. The number of rotatable bonds is 12. The van der Waals surface area contributed by atoms with E-state index in [1.54, 1.807) is 74.8 Å². The van der Waals surface area contributed by atoms with E-state index in [1.165, 1.54) is 54.7 Å². The van der Waals surface area contributed by atoms with Gasteiger partial charge in [0.1, 0.15) is 35.0 Å². The molecule has 3 N–H and O–H groups in total. The van der Waals surface area contributed by atoms with Gasteiger partial charge in [-0.25, -0.2) is 38.1 Å². The van der Waals surface area contributed by atoms with Gasteiger partial charge < -0.3 is 20.7 Å². The van der Waals surface area contributed by atoms with Crippen molar-refractivity contribution >= 4 is 145 Å². The monoisotopic (exact) mass is 1570 g/mol. The lowest BCUT2D eigenvalue weighted by atomic mass is 10.1. The summed E-state index contributed by atoms with van der Waals surface area (Å²) in [5, 5.41) is 16.7. The smallest absolute Gasteiger partial charge is 0.416 e. The number of methoxy groups -OCH3 is 1. The first-order valence-electron chi connectivity index (χ1n) is 35.4. The van der Waals surface area contributed by atoms with E-state index < -0.39 is 17.6 Å². The number of hydrogen-bond acceptors (Lipinski definition) is 13. The molecule has 0 atom stereocenters. The fourth-order valence-electron chi connectivity index (χ4n) is 13.2. The Labute approximate surface area is 662 Å². The highest BCUT2D eigenvalue weighted by Crippen LogP contribution is 2.40. The van der Waals surface area contributed by atoms with Crippen molar-refractivity contribution in [2.75, 3.05) is 23.1 Å². The Kier molecular flexibility index (Phi) is 21.2. The number of fused-ring (bicyclic) bond motifs is 7. The Morgan fingerprint density at radius 2 is 0.789 bits per heavy atom. The van der Waals surface area contributed by atoms with Crippen LogP contribution in [-0.2, 0) is 6.18 Å². The van der Waals surface area contributed by atoms with Crippen LogP contribution in [0.4, 0.5) is 60.5 Å². The lowest BCUT2D eigenvalue weighted by Gasteiger charge is -2.15. The lowest BCUT2D eigenvalue weighted by Crippen LogP contribution is -2.05. The summed E-state index contributed by atoms with van der Waals surface area (Å²) in [5.74, 6) is -0.472. The minimum Gasteiger partial charge on any atom is -0.497 e. The van der Waals surface area contributed by atoms with E-state index in [2.05, 4.69) is 80.1 Å². The number of benzene rings is 10. The molecule has 0 amide bonds. The normalized spacial score (nSPS) is 11.2. The van der Waals surface area contributed by atoms with Crippen LogP contribution in [-0.4, -0.2) is 56.5 Å². The standard InChI is InChI=1S/C25H14ClF4N3.C25H17ClFN3O.C21H12ClFN4.C20H15N3/c26-15-6-8-19(27)18(12-15)24-13-23(16-3-1-2-4-20(16)32-24)33-21-9-10-31-22-11-14(25(28,29)30)5-7-17(21)22;1-31-16-7-8-18-22(10-11-28-23(18)13-16)30-24-14-25(19-12-15(26)6-9-20(19)27)29-21-5-3-2-4-17(21)24;22-13-5-6-16(23)15(9-13)18-10-21(14-3-1-2-4-17(14)26-18)27-12-25-19-11-24-8-7-20(19)27;1-2-6-15(7-3-1)19-14-20(22-16-10-12-21-13-11-16)17-8-4-5-9-18(17)23-19/h1-13H,(H,31,32,33);2-14H,1H3,(H,28,29,30);1-12H;1-14H,(H,21,22,23). The van der Waals surface area contributed by atoms with Gasteiger partial charge in [-0.3, -0.25) is 24.5 Å². The number of alkyl halides is 3. The molecule has 0 fully saturated rings. The quantitative estimate of drug-likeness (QED) is 0.0990. The summed E-state index contributed by atoms with van der Waals surface area (Å²) in [5.41, 5.74) is 15.2. The molecule has 0 saturated carbocycles. The minimum atomic E-state index is -4.46. The summed E-state index contributed by atoms with van der Waals surface area (Å²) >= 11 is 18.3. The van der Waals surface area contributed by atoms with Crippen LogP contribution >= 0.6 is 34.8 Å². The third kappa shape index (κ3) is 16.2. The zero-order chi connectivity index (χ0) is 78.4. The fraction of sp³-hybridized carbons (Fsp3) is 0.0220. The Balaban J connectivity index is 0.000000115. The highest BCUT2D eigenvalue weighted by atomic mass is 35.5. The van der Waals surface area contributed by atoms with Gasteiger partial charge in [0.25, 0.3) is 0 Å². The van der Waals surface area contributed by atoms with Crippen molar-refractivity contribution in [3.63, 3.8) is 0 Å². The van der Waals surface area contributed by atoms with Gasteiger partial charge in [-0.1, -0.05) is 144 Å². The Bertz CT molecular complexity index is 6830. The zero-order valence-corrected chi connectivity index (χ0v) is 62.1. The van der Waals surface area contributed by atoms with Crippen LogP contribution in [0.5, 0.6) is 5.75 Å². The summed E-state index contributed by atoms with van der Waals surface area (Å²) in [6.07, 6.45) is 7.46. The second-order valence-electron chi connectivity index (χ2n) is 25.9. The van der Waals surface area contributed by atoms with Gasteiger partial charge in [-0.2, -0.15) is 13.2 Å². The lowest BCUT2D eigenvalue weighted by molar-refractivity contribution is -0.137. The van der Waals surface area contributed by atoms with Gasteiger partial charge in [0, 0.05) is 124 Å². The third-order valence-corrected chi connectivity index (χ3v) is 19.4. The number of hydrogen-bond donors (Lipinski definition) is 3. The minimum absolute atomic E-state index is 0.203. The van der Waals surface area contributed by atoms with E-state index in [9.17, 15) is 26.3 Å². The molecular formula is C91H58Cl3F6N13O. The average Bonchev–Trinajstić information content (AvgIpc) is 1.51. The molecule has 9 heterocycles. The summed E-state index contributed by atoms with van der Waals surface area (Å²) in [6.45, 7) is 0. The number of nitrogens with zero attached hydrogens (tertiary/aromatic N) is 10. The van der Waals surface area contributed by atoms with Gasteiger partial charge in [-0.05, 0) is 158 Å². The molecule has 23 heteroatoms. The number of halogens is 9. The van der Waals surface area contributed by atoms with Gasteiger partial charge in [0.05, 0.1) is 103 Å². The Morgan fingerprint density at radius 1 is 0.351 bits per heavy atom. The molecule has 0 unspecified atom stereocenters. The van der Waals surface area contributed by atoms with E-state index in [0.29, 0.717) is 65.6 Å². The van der Waals surface area contributed by atoms with Crippen LogP contribution in [0.1, 0.15) is 5.56 Å². The second kappa shape index (κ2) is 32.6. The maximum absolute atomic E-state index is 14.6. The fourth-order valence-corrected chi connectivity index (χ4v) is 13.7. The van der Waals surface area contributed by atoms with Crippen LogP contribution in [0.3, 0.4) is 0 Å². The van der Waals surface area contributed by atoms with Gasteiger partial charge in [0.2, 0.25) is 0 Å². The summed E-state index contributed by atoms with van der Waals surface area (Å²) in [6, 6.07) is 80.4. The van der Waals surface area contributed by atoms with Gasteiger partial charge >= 0.3 is 6.18 Å². The SMILES string of the molecule is COc1ccc2c(Nc3cc(-c4cc(Cl)ccc4F)nc4ccccc34)ccnc2c1.Fc1ccc(Cl)cc1-c1cc(-n2cnc3cnccc32)c2ccccc2n1.Fc1ccc(Cl)cc1-c1cc(Nc2ccnc3cc(C(F)(F)F)ccc23)c2ccccc2n1.c1ccc(-c2cc(Nc3ccncc3)c3ccccc3n2)cc1. The van der Waals surface area contributed by atoms with Crippen molar-refractivity contribution in [1.29, 1.82) is 0 Å². The molecule has 0 aliphatic rings. The van der Waals surface area contributed by atoms with Crippen molar-refractivity contribution in [2.45, 2.75) is 6.18 Å². The van der Waals surface area contributed by atoms with Crippen molar-refractivity contribution in [1.82, 2.24) is 49.4 Å². The molecule has 10 aromatic carbocycles. The molecule has 0 bridgehead atoms. The molecule has 19 aromatic rings. The molecule has 0 saturated heterocycles. The Hall–Kier alpha value is -13.9. The predicted octanol–water partition coefficient (Wildman–Crippen LogP) is 25.5. The number of ether oxygens (including phenoxy) is 1. The molecule has 556 valence electrons. The van der Waals surface area contributed by atoms with E-state index in [-0.39, 0.29) is 22.7 Å². The number of imidazole rings is 1. The number of anilines is 6. The Morgan fingerprint density at radius 3 is 1.32 bits per heavy atom. The molecule has 114 heavy (non-hydrogen) atoms. The molecule has 0 aliphatic carbocycles. The first kappa shape index (κ1) is 74.2. The van der Waals surface area contributed by atoms with Crippen LogP contribution in [0.15, 0.2) is 316 Å². The highest BCUT2D eigenvalue weighted by molar-refractivity contribution is 6.31. The third-order valence-electron chi connectivity index (χ3n) is 18.7. The summed E-state index contributed by atoms with van der Waals surface area (Å²) in [7, 11) is 1.63. The van der Waals surface area contributed by atoms with Crippen molar-refractivity contribution in [3.05, 3.63) is 355 Å². The average molecular weight is 1570 g/mol. The topological polar surface area (TPSA) is 166 Å². The molecule has 14 nitrogen and oxygen atoms in total. The molecule has 0 spiro atoms. The van der Waals surface area contributed by atoms with E-state index in [1.807, 2.05) is 162 Å². The number of aromatic nitrogens is 10. The summed E-state index contributed by atoms with van der Waals surface area (Å²) < 4.78 is 90.2. The number of para-hydroxylation sites is 4. The predicted molar refractivity (Wildman–Crippen MR) is 445 cm³/mol. The van der Waals surface area contributed by atoms with Crippen molar-refractivity contribution in [3.8, 4) is 56.5 Å². The van der Waals surface area contributed by atoms with Crippen molar-refractivity contribution in [2.24, 2.45) is 0 Å². The molecule has 0 aliphatic heterocycles. The van der Waals surface area contributed by atoms with Gasteiger partial charge in [-0.15, -0.1) is 0 Å². The highest BCUT2D eigenvalue weighted by Gasteiger charge is 2.31. The molecule has 9 aromatic heterocycles. The second-order valence-corrected chi connectivity index (χ2v) is 27.2. The largest absolute Gasteiger partial charge is 0.497 e. The van der Waals surface area contributed by atoms with Crippen LogP contribution < -0.4 is 20.7 Å². The number of pyridine rings is 8. The molecular weight excluding hydrogens is 1510 g/mol. The number of nitrogens with one attached hydrogen (secondary N) is 3. The first-order chi connectivity index (χ1) is 55.5. The van der Waals surface area contributed by atoms with Crippen LogP contribution in [0, 0.1) is 17.5 Å². The molecule has 0 radical (unpaired) electrons. The first-order valence-corrected chi connectivity index (χ1v) is 36.5. The van der Waals surface area contributed by atoms with E-state index in [4.69, 9.17) is 44.5 Å². The molecule has 19 rings (SSSR count). The van der Waals surface area contributed by atoms with Crippen LogP contribution in [0.25, 0.3) is 127 Å². The zero-order valence-electron chi connectivity index (χ0n) is 59.8. The maximum atomic E-state index is 14.6.